The molecule has 9 nitrogen and oxygen atoms in total. The van der Waals surface area contributed by atoms with Crippen LogP contribution in [-0.4, -0.2) is 49.1 Å². The van der Waals surface area contributed by atoms with E-state index in [1.807, 2.05) is 36.4 Å². The summed E-state index contributed by atoms with van der Waals surface area (Å²) in [6, 6.07) is 13.9. The lowest BCUT2D eigenvalue weighted by Crippen LogP contribution is -2.40. The molecule has 2 aliphatic rings. The lowest BCUT2D eigenvalue weighted by Gasteiger charge is -2.16. The van der Waals surface area contributed by atoms with Crippen molar-refractivity contribution in [3.05, 3.63) is 64.7 Å². The fourth-order valence-corrected chi connectivity index (χ4v) is 3.84. The minimum atomic E-state index is -0.748. The van der Waals surface area contributed by atoms with Gasteiger partial charge >= 0.3 is 0 Å². The maximum Gasteiger partial charge on any atom is 0.255 e. The summed E-state index contributed by atoms with van der Waals surface area (Å²) < 4.78 is 5.58. The standard InChI is InChI=1S/C24H26N6O3/c1-2-16-6-8-17(9-7-16)20(14-25)27-24(32)21-15-30(29-28-21)12-11-26-23(31)19-5-3-4-18-10-13-33-22(18)19/h3-9,20-21H,2,10-13,15H2,1H3,(H,26,31)(H,27,32). The van der Waals surface area contributed by atoms with Gasteiger partial charge in [0.1, 0.15) is 11.8 Å². The number of nitrogens with one attached hydrogen (secondary N) is 2. The lowest BCUT2D eigenvalue weighted by molar-refractivity contribution is -0.122. The molecule has 2 aromatic rings. The van der Waals surface area contributed by atoms with E-state index in [0.29, 0.717) is 37.6 Å². The maximum atomic E-state index is 12.6. The smallest absolute Gasteiger partial charge is 0.255 e. The number of hydrogen-bond donors (Lipinski definition) is 2. The zero-order valence-electron chi connectivity index (χ0n) is 18.5. The largest absolute Gasteiger partial charge is 0.492 e. The first-order valence-corrected chi connectivity index (χ1v) is 11.1. The number of nitrogens with zero attached hydrogens (tertiary/aromatic N) is 4. The SMILES string of the molecule is CCc1ccc(C(C#N)NC(=O)C2CN(CCNC(=O)c3cccc4c3OCC4)N=N2)cc1. The number of amides is 2. The number of nitriles is 1. The molecule has 2 aliphatic heterocycles. The third-order valence-electron chi connectivity index (χ3n) is 5.76. The minimum Gasteiger partial charge on any atom is -0.492 e. The monoisotopic (exact) mass is 446 g/mol. The van der Waals surface area contributed by atoms with E-state index in [1.165, 1.54) is 5.56 Å². The van der Waals surface area contributed by atoms with E-state index in [9.17, 15) is 14.9 Å². The van der Waals surface area contributed by atoms with Crippen molar-refractivity contribution < 1.29 is 14.3 Å². The van der Waals surface area contributed by atoms with Gasteiger partial charge < -0.3 is 15.4 Å². The normalized spacial score (nSPS) is 17.1. The molecule has 0 saturated carbocycles. The molecule has 170 valence electrons. The van der Waals surface area contributed by atoms with E-state index in [2.05, 4.69) is 34.0 Å². The maximum absolute atomic E-state index is 12.6. The van der Waals surface area contributed by atoms with E-state index in [0.717, 1.165) is 24.0 Å². The predicted octanol–water partition coefficient (Wildman–Crippen LogP) is 2.35. The van der Waals surface area contributed by atoms with Crippen molar-refractivity contribution in [1.29, 1.82) is 5.26 Å². The summed E-state index contributed by atoms with van der Waals surface area (Å²) in [6.45, 7) is 3.70. The first-order valence-electron chi connectivity index (χ1n) is 11.1. The van der Waals surface area contributed by atoms with E-state index < -0.39 is 12.1 Å². The molecule has 0 radical (unpaired) electrons. The summed E-state index contributed by atoms with van der Waals surface area (Å²) in [4.78, 5) is 25.1. The van der Waals surface area contributed by atoms with Gasteiger partial charge in [0.15, 0.2) is 6.04 Å². The second-order valence-corrected chi connectivity index (χ2v) is 7.95. The second kappa shape index (κ2) is 10.1. The molecule has 33 heavy (non-hydrogen) atoms. The summed E-state index contributed by atoms with van der Waals surface area (Å²) in [5, 5.41) is 24.8. The van der Waals surface area contributed by atoms with Gasteiger partial charge in [-0.25, -0.2) is 0 Å². The molecule has 2 atom stereocenters. The van der Waals surface area contributed by atoms with Gasteiger partial charge in [-0.3, -0.25) is 14.6 Å². The predicted molar refractivity (Wildman–Crippen MR) is 121 cm³/mol. The van der Waals surface area contributed by atoms with E-state index >= 15 is 0 Å². The van der Waals surface area contributed by atoms with Gasteiger partial charge in [-0.2, -0.15) is 10.4 Å². The van der Waals surface area contributed by atoms with Crippen LogP contribution in [0, 0.1) is 11.3 Å². The molecule has 0 aromatic heterocycles. The highest BCUT2D eigenvalue weighted by Gasteiger charge is 2.28. The van der Waals surface area contributed by atoms with Crippen LogP contribution in [0.3, 0.4) is 0 Å². The topological polar surface area (TPSA) is 119 Å². The van der Waals surface area contributed by atoms with Crippen LogP contribution < -0.4 is 15.4 Å². The number of ether oxygens (including phenoxy) is 1. The molecule has 2 N–H and O–H groups in total. The average molecular weight is 447 g/mol. The Morgan fingerprint density at radius 2 is 2.09 bits per heavy atom. The van der Waals surface area contributed by atoms with Crippen molar-refractivity contribution in [3.63, 3.8) is 0 Å². The van der Waals surface area contributed by atoms with Crippen LogP contribution in [-0.2, 0) is 17.6 Å². The third-order valence-corrected chi connectivity index (χ3v) is 5.76. The fourth-order valence-electron chi connectivity index (χ4n) is 3.84. The number of para-hydroxylation sites is 1. The molecule has 0 fully saturated rings. The highest BCUT2D eigenvalue weighted by Crippen LogP contribution is 2.29. The Morgan fingerprint density at radius 3 is 2.85 bits per heavy atom. The van der Waals surface area contributed by atoms with Crippen LogP contribution in [0.1, 0.15) is 40.0 Å². The molecule has 0 spiro atoms. The Labute approximate surface area is 192 Å². The molecule has 0 bridgehead atoms. The number of carbonyl (C=O) groups excluding carboxylic acids is 2. The van der Waals surface area contributed by atoms with E-state index in [4.69, 9.17) is 4.74 Å². The van der Waals surface area contributed by atoms with Crippen LogP contribution in [0.4, 0.5) is 0 Å². The summed E-state index contributed by atoms with van der Waals surface area (Å²) in [5.74, 6) is 0.0995. The fraction of sp³-hybridized carbons (Fsp3) is 0.375. The number of hydrogen-bond acceptors (Lipinski definition) is 7. The van der Waals surface area contributed by atoms with Crippen LogP contribution in [0.25, 0.3) is 0 Å². The van der Waals surface area contributed by atoms with Crippen molar-refractivity contribution in [2.75, 3.05) is 26.2 Å². The number of benzene rings is 2. The number of fused-ring (bicyclic) bond motifs is 1. The van der Waals surface area contributed by atoms with Gasteiger partial charge in [-0.15, -0.1) is 0 Å². The van der Waals surface area contributed by atoms with Crippen molar-refractivity contribution in [2.45, 2.75) is 31.8 Å². The van der Waals surface area contributed by atoms with Crippen LogP contribution in [0.2, 0.25) is 0 Å². The van der Waals surface area contributed by atoms with Gasteiger partial charge in [-0.05, 0) is 29.2 Å². The van der Waals surface area contributed by atoms with E-state index in [-0.39, 0.29) is 11.8 Å². The summed E-state index contributed by atoms with van der Waals surface area (Å²) in [6.07, 6.45) is 1.72. The third kappa shape index (κ3) is 5.12. The molecule has 0 aliphatic carbocycles. The molecular weight excluding hydrogens is 420 g/mol. The van der Waals surface area contributed by atoms with Crippen LogP contribution >= 0.6 is 0 Å². The highest BCUT2D eigenvalue weighted by molar-refractivity contribution is 5.97. The highest BCUT2D eigenvalue weighted by atomic mass is 16.5. The minimum absolute atomic E-state index is 0.204. The zero-order valence-corrected chi connectivity index (χ0v) is 18.5. The molecule has 2 heterocycles. The first kappa shape index (κ1) is 22.3. The Kier molecular flexibility index (Phi) is 6.83. The second-order valence-electron chi connectivity index (χ2n) is 7.95. The van der Waals surface area contributed by atoms with Gasteiger partial charge in [0.25, 0.3) is 5.91 Å². The summed E-state index contributed by atoms with van der Waals surface area (Å²) in [7, 11) is 0. The van der Waals surface area contributed by atoms with Gasteiger partial charge in [0.2, 0.25) is 5.91 Å². The Morgan fingerprint density at radius 1 is 1.27 bits per heavy atom. The lowest BCUT2D eigenvalue weighted by atomic mass is 10.0. The van der Waals surface area contributed by atoms with Crippen LogP contribution in [0.15, 0.2) is 52.8 Å². The molecule has 2 amide bonds. The molecule has 4 rings (SSSR count). The Hall–Kier alpha value is -3.93. The summed E-state index contributed by atoms with van der Waals surface area (Å²) in [5.41, 5.74) is 3.47. The average Bonchev–Trinajstić information content (AvgIpc) is 3.52. The molecule has 2 unspecified atom stereocenters. The number of rotatable bonds is 8. The first-order chi connectivity index (χ1) is 16.1. The summed E-state index contributed by atoms with van der Waals surface area (Å²) >= 11 is 0. The van der Waals surface area contributed by atoms with E-state index in [1.54, 1.807) is 11.1 Å². The van der Waals surface area contributed by atoms with Gasteiger partial charge in [0, 0.05) is 13.0 Å². The molecule has 2 aromatic carbocycles. The quantitative estimate of drug-likeness (QED) is 0.645. The van der Waals surface area contributed by atoms with Gasteiger partial charge in [0.05, 0.1) is 31.3 Å². The molecule has 0 saturated heterocycles. The van der Waals surface area contributed by atoms with Crippen LogP contribution in [0.5, 0.6) is 5.75 Å². The zero-order chi connectivity index (χ0) is 23.2. The van der Waals surface area contributed by atoms with Gasteiger partial charge in [-0.1, -0.05) is 48.5 Å². The molecular formula is C24H26N6O3. The Balaban J connectivity index is 1.24. The Bertz CT molecular complexity index is 1090. The number of carbonyl (C=O) groups is 2. The van der Waals surface area contributed by atoms with Crippen molar-refractivity contribution in [2.24, 2.45) is 10.3 Å². The molecule has 9 heteroatoms. The van der Waals surface area contributed by atoms with Crippen molar-refractivity contribution in [3.8, 4) is 11.8 Å². The van der Waals surface area contributed by atoms with Crippen molar-refractivity contribution in [1.82, 2.24) is 15.6 Å². The number of aryl methyl sites for hydroxylation is 1. The van der Waals surface area contributed by atoms with Crippen molar-refractivity contribution >= 4 is 11.8 Å².